The quantitative estimate of drug-likeness (QED) is 0.623. The van der Waals surface area contributed by atoms with E-state index in [0.29, 0.717) is 4.47 Å². The number of allylic oxidation sites excluding steroid dienone is 1. The number of hydrogen-bond donors (Lipinski definition) is 0. The third-order valence-electron chi connectivity index (χ3n) is 1.72. The van der Waals surface area contributed by atoms with E-state index in [-0.39, 0.29) is 11.3 Å². The summed E-state index contributed by atoms with van der Waals surface area (Å²) in [5.74, 6) is -0.853. The maximum Gasteiger partial charge on any atom is 0.190 e. The fourth-order valence-corrected chi connectivity index (χ4v) is 1.35. The van der Waals surface area contributed by atoms with Gasteiger partial charge in [0.15, 0.2) is 5.78 Å². The van der Waals surface area contributed by atoms with Crippen molar-refractivity contribution < 1.29 is 9.18 Å². The molecule has 0 heterocycles. The molecule has 0 amide bonds. The molecule has 0 aliphatic heterocycles. The fraction of sp³-hybridized carbons (Fsp3) is 0.182. The number of halogens is 2. The van der Waals surface area contributed by atoms with Gasteiger partial charge in [-0.25, -0.2) is 4.39 Å². The Balaban J connectivity index is 2.96. The average molecular weight is 272 g/mol. The van der Waals surface area contributed by atoms with Crippen molar-refractivity contribution in [3.05, 3.63) is 46.3 Å². The molecule has 0 atom stereocenters. The highest BCUT2D eigenvalue weighted by Crippen LogP contribution is 2.16. The molecule has 15 heavy (non-hydrogen) atoms. The molecule has 0 aliphatic carbocycles. The lowest BCUT2D eigenvalue weighted by atomic mass is 10.1. The van der Waals surface area contributed by atoms with Gasteiger partial charge < -0.3 is 4.90 Å². The lowest BCUT2D eigenvalue weighted by Crippen LogP contribution is -2.04. The molecule has 0 spiro atoms. The number of benzene rings is 1. The van der Waals surface area contributed by atoms with Gasteiger partial charge in [0.05, 0.1) is 5.56 Å². The zero-order valence-electron chi connectivity index (χ0n) is 8.50. The van der Waals surface area contributed by atoms with Gasteiger partial charge in [-0.2, -0.15) is 0 Å². The molecule has 0 N–H and O–H groups in total. The van der Waals surface area contributed by atoms with E-state index >= 15 is 0 Å². The summed E-state index contributed by atoms with van der Waals surface area (Å²) in [5, 5.41) is 0. The van der Waals surface area contributed by atoms with Gasteiger partial charge in [0, 0.05) is 30.8 Å². The molecule has 0 saturated heterocycles. The van der Waals surface area contributed by atoms with Crippen molar-refractivity contribution in [2.75, 3.05) is 14.1 Å². The van der Waals surface area contributed by atoms with Gasteiger partial charge in [0.2, 0.25) is 0 Å². The molecule has 0 bridgehead atoms. The minimum atomic E-state index is -0.508. The van der Waals surface area contributed by atoms with Crippen LogP contribution in [-0.2, 0) is 0 Å². The first-order valence-corrected chi connectivity index (χ1v) is 5.14. The Morgan fingerprint density at radius 2 is 2.13 bits per heavy atom. The van der Waals surface area contributed by atoms with Gasteiger partial charge in [-0.1, -0.05) is 15.9 Å². The van der Waals surface area contributed by atoms with Gasteiger partial charge >= 0.3 is 0 Å². The van der Waals surface area contributed by atoms with Crippen LogP contribution in [0, 0.1) is 5.82 Å². The number of ketones is 1. The zero-order valence-corrected chi connectivity index (χ0v) is 10.1. The standard InChI is InChI=1S/C11H11BrFNO/c1-14(2)6-5-11(15)9-7-8(12)3-4-10(9)13/h3-7H,1-2H3/b6-5+. The van der Waals surface area contributed by atoms with Gasteiger partial charge in [0.1, 0.15) is 5.82 Å². The molecule has 0 fully saturated rings. The molecule has 2 nitrogen and oxygen atoms in total. The highest BCUT2D eigenvalue weighted by atomic mass is 79.9. The maximum atomic E-state index is 13.3. The van der Waals surface area contributed by atoms with E-state index in [9.17, 15) is 9.18 Å². The van der Waals surface area contributed by atoms with Crippen molar-refractivity contribution in [2.45, 2.75) is 0 Å². The fourth-order valence-electron chi connectivity index (χ4n) is 0.993. The molecule has 0 unspecified atom stereocenters. The van der Waals surface area contributed by atoms with Gasteiger partial charge in [-0.15, -0.1) is 0 Å². The molecule has 1 aromatic rings. The van der Waals surface area contributed by atoms with Crippen molar-refractivity contribution >= 4 is 21.7 Å². The van der Waals surface area contributed by atoms with E-state index in [1.54, 1.807) is 31.3 Å². The number of carbonyl (C=O) groups excluding carboxylic acids is 1. The average Bonchev–Trinajstić information content (AvgIpc) is 2.18. The first-order chi connectivity index (χ1) is 7.00. The Bertz CT molecular complexity index is 402. The highest BCUT2D eigenvalue weighted by Gasteiger charge is 2.08. The Hall–Kier alpha value is -1.16. The van der Waals surface area contributed by atoms with Crippen molar-refractivity contribution in [1.82, 2.24) is 4.90 Å². The minimum absolute atomic E-state index is 0.0717. The summed E-state index contributed by atoms with van der Waals surface area (Å²) in [4.78, 5) is 13.3. The van der Waals surface area contributed by atoms with Crippen molar-refractivity contribution in [1.29, 1.82) is 0 Å². The lowest BCUT2D eigenvalue weighted by Gasteiger charge is -2.03. The molecular formula is C11H11BrFNO. The Morgan fingerprint density at radius 3 is 2.73 bits per heavy atom. The molecule has 0 aliphatic rings. The zero-order chi connectivity index (χ0) is 11.4. The Labute approximate surface area is 96.5 Å². The third kappa shape index (κ3) is 3.47. The van der Waals surface area contributed by atoms with Crippen molar-refractivity contribution in [3.63, 3.8) is 0 Å². The Kier molecular flexibility index (Phi) is 4.03. The molecular weight excluding hydrogens is 261 g/mol. The van der Waals surface area contributed by atoms with Gasteiger partial charge in [-0.3, -0.25) is 4.79 Å². The second kappa shape index (κ2) is 5.07. The van der Waals surface area contributed by atoms with Crippen LogP contribution in [0.4, 0.5) is 4.39 Å². The number of carbonyl (C=O) groups is 1. The van der Waals surface area contributed by atoms with E-state index in [0.717, 1.165) is 0 Å². The summed E-state index contributed by atoms with van der Waals surface area (Å²) < 4.78 is 13.9. The van der Waals surface area contributed by atoms with Gasteiger partial charge in [0.25, 0.3) is 0 Å². The van der Waals surface area contributed by atoms with Crippen LogP contribution >= 0.6 is 15.9 Å². The van der Waals surface area contributed by atoms with E-state index in [4.69, 9.17) is 0 Å². The molecule has 0 aromatic heterocycles. The van der Waals surface area contributed by atoms with E-state index in [1.165, 1.54) is 18.2 Å². The molecule has 0 radical (unpaired) electrons. The van der Waals surface area contributed by atoms with E-state index < -0.39 is 5.82 Å². The highest BCUT2D eigenvalue weighted by molar-refractivity contribution is 9.10. The molecule has 0 saturated carbocycles. The summed E-state index contributed by atoms with van der Waals surface area (Å²) in [6.45, 7) is 0. The number of rotatable bonds is 3. The predicted molar refractivity (Wildman–Crippen MR) is 61.3 cm³/mol. The van der Waals surface area contributed by atoms with Crippen LogP contribution < -0.4 is 0 Å². The summed E-state index contributed by atoms with van der Waals surface area (Å²) in [7, 11) is 3.59. The summed E-state index contributed by atoms with van der Waals surface area (Å²) in [5.41, 5.74) is 0.0717. The normalized spacial score (nSPS) is 10.7. The summed E-state index contributed by atoms with van der Waals surface area (Å²) in [6, 6.07) is 4.29. The summed E-state index contributed by atoms with van der Waals surface area (Å²) in [6.07, 6.45) is 2.92. The maximum absolute atomic E-state index is 13.3. The summed E-state index contributed by atoms with van der Waals surface area (Å²) >= 11 is 3.19. The number of hydrogen-bond acceptors (Lipinski definition) is 2. The van der Waals surface area contributed by atoms with Crippen LogP contribution in [0.5, 0.6) is 0 Å². The van der Waals surface area contributed by atoms with E-state index in [1.807, 2.05) is 0 Å². The van der Waals surface area contributed by atoms with Crippen LogP contribution in [-0.4, -0.2) is 24.8 Å². The van der Waals surface area contributed by atoms with E-state index in [2.05, 4.69) is 15.9 Å². The van der Waals surface area contributed by atoms with Crippen molar-refractivity contribution in [3.8, 4) is 0 Å². The monoisotopic (exact) mass is 271 g/mol. The molecule has 1 aromatic carbocycles. The van der Waals surface area contributed by atoms with Gasteiger partial charge in [-0.05, 0) is 18.2 Å². The second-order valence-corrected chi connectivity index (χ2v) is 4.18. The van der Waals surface area contributed by atoms with Crippen LogP contribution in [0.3, 0.4) is 0 Å². The molecule has 80 valence electrons. The lowest BCUT2D eigenvalue weighted by molar-refractivity contribution is 0.104. The SMILES string of the molecule is CN(C)/C=C/C(=O)c1cc(Br)ccc1F. The smallest absolute Gasteiger partial charge is 0.190 e. The topological polar surface area (TPSA) is 20.3 Å². The molecule has 4 heteroatoms. The van der Waals surface area contributed by atoms with Crippen LogP contribution in [0.2, 0.25) is 0 Å². The van der Waals surface area contributed by atoms with Crippen LogP contribution in [0.25, 0.3) is 0 Å². The van der Waals surface area contributed by atoms with Crippen molar-refractivity contribution in [2.24, 2.45) is 0 Å². The van der Waals surface area contributed by atoms with Crippen LogP contribution in [0.1, 0.15) is 10.4 Å². The minimum Gasteiger partial charge on any atom is -0.383 e. The van der Waals surface area contributed by atoms with Crippen LogP contribution in [0.15, 0.2) is 34.9 Å². The largest absolute Gasteiger partial charge is 0.383 e. The third-order valence-corrected chi connectivity index (χ3v) is 2.21. The second-order valence-electron chi connectivity index (χ2n) is 3.27. The molecule has 1 rings (SSSR count). The predicted octanol–water partition coefficient (Wildman–Crippen LogP) is 2.85. The first-order valence-electron chi connectivity index (χ1n) is 4.34. The first kappa shape index (κ1) is 11.9. The number of nitrogens with zero attached hydrogens (tertiary/aromatic N) is 1. The Morgan fingerprint density at radius 1 is 1.47 bits per heavy atom.